The first kappa shape index (κ1) is 10.9. The van der Waals surface area contributed by atoms with Gasteiger partial charge in [0.25, 0.3) is 0 Å². The maximum absolute atomic E-state index is 5.93. The van der Waals surface area contributed by atoms with Crippen LogP contribution in [0.5, 0.6) is 5.75 Å². The maximum Gasteiger partial charge on any atom is 0.176 e. The minimum absolute atomic E-state index is 0.648. The Labute approximate surface area is 92.2 Å². The lowest BCUT2D eigenvalue weighted by atomic mass is 10.2. The number of ether oxygens (including phenoxy) is 1. The molecule has 0 N–H and O–H groups in total. The fraction of sp³-hybridized carbons (Fsp3) is 0.400. The van der Waals surface area contributed by atoms with Gasteiger partial charge in [-0.3, -0.25) is 0 Å². The maximum atomic E-state index is 5.93. The van der Waals surface area contributed by atoms with E-state index in [4.69, 9.17) is 16.3 Å². The van der Waals surface area contributed by atoms with E-state index in [9.17, 15) is 0 Å². The molecule has 0 aliphatic carbocycles. The quantitative estimate of drug-likeness (QED) is 0.751. The summed E-state index contributed by atoms with van der Waals surface area (Å²) in [7, 11) is 0. The Morgan fingerprint density at radius 2 is 2.15 bits per heavy atom. The summed E-state index contributed by atoms with van der Waals surface area (Å²) < 4.78 is 5.49. The molecule has 72 valence electrons. The number of hydrogen-bond acceptors (Lipinski definition) is 1. The zero-order chi connectivity index (χ0) is 9.90. The number of alkyl halides is 2. The van der Waals surface area contributed by atoms with Crippen molar-refractivity contribution in [3.05, 3.63) is 29.8 Å². The fourth-order valence-corrected chi connectivity index (χ4v) is 1.41. The number of benzene rings is 1. The summed E-state index contributed by atoms with van der Waals surface area (Å²) in [6.45, 7) is 3.63. The van der Waals surface area contributed by atoms with Crippen LogP contribution in [0.1, 0.15) is 19.4 Å². The van der Waals surface area contributed by atoms with Crippen molar-refractivity contribution < 1.29 is 4.74 Å². The zero-order valence-electron chi connectivity index (χ0n) is 7.68. The fourth-order valence-electron chi connectivity index (χ4n) is 0.972. The monoisotopic (exact) mass is 262 g/mol. The lowest BCUT2D eigenvalue weighted by Gasteiger charge is -2.18. The summed E-state index contributed by atoms with van der Waals surface area (Å²) >= 11 is 9.31. The van der Waals surface area contributed by atoms with Gasteiger partial charge in [0.2, 0.25) is 0 Å². The second-order valence-corrected chi connectivity index (χ2v) is 4.72. The van der Waals surface area contributed by atoms with Crippen molar-refractivity contribution in [1.29, 1.82) is 0 Å². The Morgan fingerprint density at radius 3 is 2.69 bits per heavy atom. The second kappa shape index (κ2) is 4.34. The minimum atomic E-state index is -0.648. The van der Waals surface area contributed by atoms with Gasteiger partial charge >= 0.3 is 0 Å². The van der Waals surface area contributed by atoms with Crippen LogP contribution in [0.2, 0.25) is 0 Å². The second-order valence-electron chi connectivity index (χ2n) is 3.25. The molecule has 0 aliphatic rings. The number of halogens is 2. The minimum Gasteiger partial charge on any atom is -0.473 e. The highest BCUT2D eigenvalue weighted by molar-refractivity contribution is 9.08. The summed E-state index contributed by atoms with van der Waals surface area (Å²) in [6.07, 6.45) is 0. The molecule has 1 aromatic carbocycles. The lowest BCUT2D eigenvalue weighted by molar-refractivity contribution is 0.199. The van der Waals surface area contributed by atoms with E-state index in [0.29, 0.717) is 0 Å². The molecular weight excluding hydrogens is 251 g/mol. The average molecular weight is 264 g/mol. The van der Waals surface area contributed by atoms with Crippen LogP contribution < -0.4 is 4.74 Å². The molecule has 0 unspecified atom stereocenters. The van der Waals surface area contributed by atoms with E-state index >= 15 is 0 Å². The van der Waals surface area contributed by atoms with Gasteiger partial charge in [0.05, 0.1) is 0 Å². The third-order valence-corrected chi connectivity index (χ3v) is 2.14. The third-order valence-electron chi connectivity index (χ3n) is 1.41. The summed E-state index contributed by atoms with van der Waals surface area (Å²) in [5.41, 5.74) is 1.18. The van der Waals surface area contributed by atoms with Crippen molar-refractivity contribution in [3.63, 3.8) is 0 Å². The van der Waals surface area contributed by atoms with Gasteiger partial charge in [0.15, 0.2) is 5.06 Å². The smallest absolute Gasteiger partial charge is 0.176 e. The van der Waals surface area contributed by atoms with Gasteiger partial charge in [-0.25, -0.2) is 0 Å². The van der Waals surface area contributed by atoms with Gasteiger partial charge in [0.1, 0.15) is 5.75 Å². The molecule has 0 saturated carbocycles. The van der Waals surface area contributed by atoms with E-state index in [1.807, 2.05) is 38.1 Å². The van der Waals surface area contributed by atoms with Crippen molar-refractivity contribution in [3.8, 4) is 5.75 Å². The molecule has 0 fully saturated rings. The first-order valence-corrected chi connectivity index (χ1v) is 5.54. The number of hydrogen-bond donors (Lipinski definition) is 0. The molecule has 0 saturated heterocycles. The highest BCUT2D eigenvalue weighted by Gasteiger charge is 2.14. The lowest BCUT2D eigenvalue weighted by Crippen LogP contribution is -2.19. The number of rotatable bonds is 3. The molecular formula is C10H12BrClO. The Balaban J connectivity index is 2.78. The van der Waals surface area contributed by atoms with Crippen LogP contribution in [-0.2, 0) is 5.33 Å². The molecule has 0 bridgehead atoms. The van der Waals surface area contributed by atoms with Gasteiger partial charge in [-0.2, -0.15) is 0 Å². The van der Waals surface area contributed by atoms with E-state index in [1.165, 1.54) is 5.56 Å². The molecule has 0 heterocycles. The van der Waals surface area contributed by atoms with Gasteiger partial charge < -0.3 is 4.74 Å². The highest BCUT2D eigenvalue weighted by atomic mass is 79.9. The Morgan fingerprint density at radius 1 is 1.46 bits per heavy atom. The van der Waals surface area contributed by atoms with Gasteiger partial charge in [-0.1, -0.05) is 39.7 Å². The Hall–Kier alpha value is -0.210. The SMILES string of the molecule is CC(C)(Cl)Oc1cccc(CBr)c1. The molecule has 1 aromatic rings. The molecule has 13 heavy (non-hydrogen) atoms. The van der Waals surface area contributed by atoms with Crippen LogP contribution in [0.15, 0.2) is 24.3 Å². The van der Waals surface area contributed by atoms with Crippen molar-refractivity contribution in [2.45, 2.75) is 24.2 Å². The van der Waals surface area contributed by atoms with E-state index in [2.05, 4.69) is 15.9 Å². The van der Waals surface area contributed by atoms with E-state index in [1.54, 1.807) is 0 Å². The molecule has 0 atom stereocenters. The molecule has 0 aromatic heterocycles. The molecule has 1 rings (SSSR count). The zero-order valence-corrected chi connectivity index (χ0v) is 10.0. The van der Waals surface area contributed by atoms with Crippen LogP contribution in [0.4, 0.5) is 0 Å². The molecule has 0 spiro atoms. The molecule has 0 radical (unpaired) electrons. The third kappa shape index (κ3) is 4.01. The van der Waals surface area contributed by atoms with Crippen LogP contribution in [0, 0.1) is 0 Å². The highest BCUT2D eigenvalue weighted by Crippen LogP contribution is 2.22. The van der Waals surface area contributed by atoms with E-state index in [0.717, 1.165) is 11.1 Å². The van der Waals surface area contributed by atoms with Crippen molar-refractivity contribution in [2.75, 3.05) is 0 Å². The van der Waals surface area contributed by atoms with Crippen LogP contribution in [0.3, 0.4) is 0 Å². The standard InChI is InChI=1S/C10H12BrClO/c1-10(2,12)13-9-5-3-4-8(6-9)7-11/h3-6H,7H2,1-2H3. The predicted octanol–water partition coefficient (Wildman–Crippen LogP) is 3.94. The van der Waals surface area contributed by atoms with Gasteiger partial charge in [0, 0.05) is 5.33 Å². The molecule has 3 heteroatoms. The Kier molecular flexibility index (Phi) is 3.63. The first-order chi connectivity index (χ1) is 6.01. The largest absolute Gasteiger partial charge is 0.473 e. The summed E-state index contributed by atoms with van der Waals surface area (Å²) in [5, 5.41) is 0.178. The van der Waals surface area contributed by atoms with Crippen LogP contribution >= 0.6 is 27.5 Å². The van der Waals surface area contributed by atoms with Crippen LogP contribution in [0.25, 0.3) is 0 Å². The average Bonchev–Trinajstić information content (AvgIpc) is 2.01. The summed E-state index contributed by atoms with van der Waals surface area (Å²) in [6, 6.07) is 7.85. The summed E-state index contributed by atoms with van der Waals surface area (Å²) in [4.78, 5) is 0. The van der Waals surface area contributed by atoms with Crippen molar-refractivity contribution >= 4 is 27.5 Å². The topological polar surface area (TPSA) is 9.23 Å². The molecule has 1 nitrogen and oxygen atoms in total. The van der Waals surface area contributed by atoms with E-state index in [-0.39, 0.29) is 0 Å². The summed E-state index contributed by atoms with van der Waals surface area (Å²) in [5.74, 6) is 0.803. The van der Waals surface area contributed by atoms with Gasteiger partial charge in [-0.15, -0.1) is 0 Å². The van der Waals surface area contributed by atoms with Crippen LogP contribution in [-0.4, -0.2) is 5.06 Å². The normalized spacial score (nSPS) is 11.4. The molecule has 0 amide bonds. The van der Waals surface area contributed by atoms with E-state index < -0.39 is 5.06 Å². The van der Waals surface area contributed by atoms with Gasteiger partial charge in [-0.05, 0) is 31.5 Å². The molecule has 0 aliphatic heterocycles. The van der Waals surface area contributed by atoms with Crippen molar-refractivity contribution in [2.24, 2.45) is 0 Å². The predicted molar refractivity (Wildman–Crippen MR) is 59.6 cm³/mol. The van der Waals surface area contributed by atoms with Crippen molar-refractivity contribution in [1.82, 2.24) is 0 Å². The first-order valence-electron chi connectivity index (χ1n) is 4.04. The Bertz CT molecular complexity index is 280.